The Kier molecular flexibility index (Phi) is 16.5. The zero-order valence-electron chi connectivity index (χ0n) is 28.6. The monoisotopic (exact) mass is 631 g/mol. The summed E-state index contributed by atoms with van der Waals surface area (Å²) in [4.78, 5) is 49.7. The van der Waals surface area contributed by atoms with Crippen molar-refractivity contribution in [2.75, 3.05) is 7.11 Å². The van der Waals surface area contributed by atoms with E-state index in [1.165, 1.54) is 6.08 Å². The maximum atomic E-state index is 13.4. The van der Waals surface area contributed by atoms with Crippen LogP contribution in [0.5, 0.6) is 0 Å². The van der Waals surface area contributed by atoms with Gasteiger partial charge in [0.15, 0.2) is 8.32 Å². The molecule has 0 saturated carbocycles. The lowest BCUT2D eigenvalue weighted by molar-refractivity contribution is -0.145. The SMILES string of the molecule is C=CCC/C=C/C(=O)OC(/C(C)=C\[C@@H](C)[C@H](O[Si](C)(C)C(C)(C)C)[C@H](C=C)OC)[C@H](C)C(=O)CCCC1CC(=O)NC(=O)C1. The highest BCUT2D eigenvalue weighted by Gasteiger charge is 2.42. The Bertz CT molecular complexity index is 1060. The molecule has 1 unspecified atom stereocenters. The fraction of sp³-hybridized carbons (Fsp3) is 0.657. The minimum absolute atomic E-state index is 0.0190. The van der Waals surface area contributed by atoms with Crippen LogP contribution in [0.4, 0.5) is 0 Å². The number of ether oxygens (including phenoxy) is 2. The van der Waals surface area contributed by atoms with E-state index in [0.717, 1.165) is 12.0 Å². The van der Waals surface area contributed by atoms with Crippen LogP contribution in [0.2, 0.25) is 18.1 Å². The number of esters is 1. The molecule has 9 heteroatoms. The van der Waals surface area contributed by atoms with Crippen LogP contribution in [0.1, 0.15) is 86.5 Å². The van der Waals surface area contributed by atoms with Crippen molar-refractivity contribution in [1.29, 1.82) is 0 Å². The first-order chi connectivity index (χ1) is 20.5. The molecule has 0 aromatic carbocycles. The molecule has 1 N–H and O–H groups in total. The van der Waals surface area contributed by atoms with E-state index in [1.807, 2.05) is 19.9 Å². The number of ketones is 1. The molecular weight excluding hydrogens is 574 g/mol. The maximum Gasteiger partial charge on any atom is 0.331 e. The van der Waals surface area contributed by atoms with Crippen LogP contribution in [0, 0.1) is 17.8 Å². The number of amides is 2. The van der Waals surface area contributed by atoms with Gasteiger partial charge in [0.25, 0.3) is 0 Å². The van der Waals surface area contributed by atoms with E-state index in [-0.39, 0.29) is 53.1 Å². The molecule has 1 fully saturated rings. The van der Waals surface area contributed by atoms with E-state index < -0.39 is 26.3 Å². The first-order valence-corrected chi connectivity index (χ1v) is 18.7. The number of imide groups is 1. The van der Waals surface area contributed by atoms with Crippen molar-refractivity contribution < 1.29 is 33.1 Å². The van der Waals surface area contributed by atoms with Gasteiger partial charge in [-0.2, -0.15) is 0 Å². The van der Waals surface area contributed by atoms with Gasteiger partial charge in [0.05, 0.1) is 12.0 Å². The van der Waals surface area contributed by atoms with Gasteiger partial charge in [-0.25, -0.2) is 4.79 Å². The predicted molar refractivity (Wildman–Crippen MR) is 178 cm³/mol. The third kappa shape index (κ3) is 12.8. The van der Waals surface area contributed by atoms with Gasteiger partial charge in [0, 0.05) is 38.4 Å². The number of carbonyl (C=O) groups excluding carboxylic acids is 4. The number of rotatable bonds is 19. The summed E-state index contributed by atoms with van der Waals surface area (Å²) >= 11 is 0. The predicted octanol–water partition coefficient (Wildman–Crippen LogP) is 7.02. The Morgan fingerprint density at radius 1 is 1.09 bits per heavy atom. The normalized spacial score (nSPS) is 18.7. The highest BCUT2D eigenvalue weighted by atomic mass is 28.4. The smallest absolute Gasteiger partial charge is 0.331 e. The van der Waals surface area contributed by atoms with Gasteiger partial charge in [-0.15, -0.1) is 13.2 Å². The Morgan fingerprint density at radius 3 is 2.23 bits per heavy atom. The molecule has 44 heavy (non-hydrogen) atoms. The van der Waals surface area contributed by atoms with Gasteiger partial charge in [-0.05, 0) is 62.2 Å². The molecule has 0 spiro atoms. The molecule has 0 aliphatic carbocycles. The van der Waals surface area contributed by atoms with E-state index in [9.17, 15) is 19.2 Å². The van der Waals surface area contributed by atoms with Crippen LogP contribution in [-0.4, -0.2) is 57.3 Å². The molecule has 0 bridgehead atoms. The lowest BCUT2D eigenvalue weighted by Gasteiger charge is -2.42. The number of methoxy groups -OCH3 is 1. The summed E-state index contributed by atoms with van der Waals surface area (Å²) in [6, 6.07) is 0. The molecule has 0 aromatic heterocycles. The summed E-state index contributed by atoms with van der Waals surface area (Å²) in [6.45, 7) is 24.3. The van der Waals surface area contributed by atoms with E-state index in [4.69, 9.17) is 13.9 Å². The Labute approximate surface area is 266 Å². The van der Waals surface area contributed by atoms with E-state index >= 15 is 0 Å². The molecule has 1 heterocycles. The highest BCUT2D eigenvalue weighted by molar-refractivity contribution is 6.74. The third-order valence-electron chi connectivity index (χ3n) is 8.82. The van der Waals surface area contributed by atoms with E-state index in [1.54, 1.807) is 32.3 Å². The average molecular weight is 632 g/mol. The van der Waals surface area contributed by atoms with Crippen LogP contribution in [0.15, 0.2) is 49.1 Å². The second-order valence-corrected chi connectivity index (χ2v) is 18.3. The number of allylic oxidation sites excluding steroid dienone is 2. The fourth-order valence-corrected chi connectivity index (χ4v) is 6.51. The molecule has 0 radical (unpaired) electrons. The van der Waals surface area contributed by atoms with Crippen molar-refractivity contribution in [3.8, 4) is 0 Å². The maximum absolute atomic E-state index is 13.4. The molecule has 5 atom stereocenters. The summed E-state index contributed by atoms with van der Waals surface area (Å²) in [5, 5.41) is 2.30. The quantitative estimate of drug-likeness (QED) is 0.0408. The van der Waals surface area contributed by atoms with Crippen molar-refractivity contribution in [1.82, 2.24) is 5.32 Å². The first kappa shape index (κ1) is 39.4. The Balaban J connectivity index is 3.23. The summed E-state index contributed by atoms with van der Waals surface area (Å²) in [6.07, 6.45) is 10.6. The van der Waals surface area contributed by atoms with Crippen LogP contribution in [0.3, 0.4) is 0 Å². The van der Waals surface area contributed by atoms with Crippen molar-refractivity contribution in [3.63, 3.8) is 0 Å². The van der Waals surface area contributed by atoms with Crippen molar-refractivity contribution in [3.05, 3.63) is 49.1 Å². The lowest BCUT2D eigenvalue weighted by atomic mass is 9.86. The first-order valence-electron chi connectivity index (χ1n) is 15.8. The number of nitrogens with one attached hydrogen (secondary N) is 1. The van der Waals surface area contributed by atoms with Gasteiger partial charge in [0.2, 0.25) is 11.8 Å². The number of Topliss-reactive ketones (excluding diaryl/α,β-unsaturated/α-hetero) is 1. The van der Waals surface area contributed by atoms with Crippen molar-refractivity contribution in [2.24, 2.45) is 17.8 Å². The van der Waals surface area contributed by atoms with Crippen LogP contribution < -0.4 is 5.32 Å². The van der Waals surface area contributed by atoms with Gasteiger partial charge in [-0.3, -0.25) is 19.7 Å². The number of unbranched alkanes of at least 4 members (excludes halogenated alkanes) is 1. The van der Waals surface area contributed by atoms with E-state index in [0.29, 0.717) is 32.1 Å². The van der Waals surface area contributed by atoms with Crippen LogP contribution in [0.25, 0.3) is 0 Å². The Hall–Kier alpha value is -2.62. The molecule has 2 amide bonds. The third-order valence-corrected chi connectivity index (χ3v) is 13.3. The minimum atomic E-state index is -2.19. The molecular formula is C35H57NO7Si. The summed E-state index contributed by atoms with van der Waals surface area (Å²) < 4.78 is 18.5. The molecule has 1 saturated heterocycles. The summed E-state index contributed by atoms with van der Waals surface area (Å²) in [5.74, 6) is -1.89. The number of carbonyl (C=O) groups is 4. The number of piperidine rings is 1. The van der Waals surface area contributed by atoms with Gasteiger partial charge in [-0.1, -0.05) is 58.9 Å². The lowest BCUT2D eigenvalue weighted by Crippen LogP contribution is -2.49. The molecule has 1 aliphatic heterocycles. The van der Waals surface area contributed by atoms with E-state index in [2.05, 4.69) is 52.3 Å². The van der Waals surface area contributed by atoms with Gasteiger partial charge >= 0.3 is 5.97 Å². The summed E-state index contributed by atoms with van der Waals surface area (Å²) in [7, 11) is -0.553. The molecule has 0 aromatic rings. The molecule has 248 valence electrons. The van der Waals surface area contributed by atoms with Crippen LogP contribution >= 0.6 is 0 Å². The topological polar surface area (TPSA) is 108 Å². The Morgan fingerprint density at radius 2 is 1.70 bits per heavy atom. The summed E-state index contributed by atoms with van der Waals surface area (Å²) in [5.41, 5.74) is 0.753. The van der Waals surface area contributed by atoms with Crippen molar-refractivity contribution in [2.45, 2.75) is 123 Å². The van der Waals surface area contributed by atoms with Gasteiger partial charge < -0.3 is 13.9 Å². The molecule has 8 nitrogen and oxygen atoms in total. The average Bonchev–Trinajstić information content (AvgIpc) is 2.92. The van der Waals surface area contributed by atoms with Gasteiger partial charge in [0.1, 0.15) is 18.0 Å². The number of hydrogen-bond donors (Lipinski definition) is 1. The fourth-order valence-electron chi connectivity index (χ4n) is 5.13. The van der Waals surface area contributed by atoms with Crippen LogP contribution in [-0.2, 0) is 33.1 Å². The zero-order valence-corrected chi connectivity index (χ0v) is 29.6. The highest BCUT2D eigenvalue weighted by Crippen LogP contribution is 2.39. The minimum Gasteiger partial charge on any atom is -0.454 e. The largest absolute Gasteiger partial charge is 0.454 e. The van der Waals surface area contributed by atoms with Crippen molar-refractivity contribution >= 4 is 31.9 Å². The molecule has 1 rings (SSSR count). The second kappa shape index (κ2) is 18.4. The zero-order chi connectivity index (χ0) is 33.7. The molecule has 1 aliphatic rings. The number of hydrogen-bond acceptors (Lipinski definition) is 7. The second-order valence-electron chi connectivity index (χ2n) is 13.6. The standard InChI is InChI=1S/C35H57NO7Si/c1-12-14-15-16-20-32(40)42-33(26(5)28(37)19-17-18-27-22-30(38)36-31(39)23-27)24(3)21-25(4)34(29(13-2)41-9)43-44(10,11)35(6,7)8/h12-13,16,20-21,25-27,29,33-34H,1-2,14-15,17-19,22-23H2,3-11H3,(H,36,38,39)/b20-16+,24-21-/t25-,26-,29+,33?,34+/m1/s1.